The van der Waals surface area contributed by atoms with Crippen LogP contribution in [0.25, 0.3) is 0 Å². The van der Waals surface area contributed by atoms with Gasteiger partial charge in [-0.1, -0.05) is 55.1 Å². The van der Waals surface area contributed by atoms with E-state index in [1.165, 1.54) is 5.56 Å². The van der Waals surface area contributed by atoms with E-state index in [4.69, 9.17) is 4.99 Å². The first kappa shape index (κ1) is 17.7. The van der Waals surface area contributed by atoms with Crippen LogP contribution >= 0.6 is 11.8 Å². The molecule has 0 bridgehead atoms. The number of nitrogens with zero attached hydrogens (tertiary/aromatic N) is 3. The van der Waals surface area contributed by atoms with Crippen LogP contribution in [0.3, 0.4) is 0 Å². The van der Waals surface area contributed by atoms with E-state index in [1.54, 1.807) is 24.0 Å². The molecule has 1 saturated heterocycles. The molecular formula is C20H23N3OS. The lowest BCUT2D eigenvalue weighted by molar-refractivity contribution is -0.0423. The summed E-state index contributed by atoms with van der Waals surface area (Å²) in [5.74, 6) is 0.554. The molecule has 25 heavy (non-hydrogen) atoms. The lowest BCUT2D eigenvalue weighted by Gasteiger charge is -2.34. The Balaban J connectivity index is 1.86. The average molecular weight is 353 g/mol. The van der Waals surface area contributed by atoms with E-state index in [1.807, 2.05) is 35.4 Å². The normalized spacial score (nSPS) is 21.7. The standard InChI is InChI=1S/C20H23N3OS/c1-3-12-23-19(22-14-17-6-5-11-21-13-17)25-15-20(23,24)18-9-7-16(4-2)8-10-18/h3,5-11,13,24H,1,4,12,14-15H2,2H3. The Labute approximate surface area is 153 Å². The second-order valence-corrected chi connectivity index (χ2v) is 6.96. The van der Waals surface area contributed by atoms with Crippen LogP contribution in [0, 0.1) is 0 Å². The van der Waals surface area contributed by atoms with Gasteiger partial charge in [-0.2, -0.15) is 0 Å². The summed E-state index contributed by atoms with van der Waals surface area (Å²) in [6.07, 6.45) is 6.36. The minimum absolute atomic E-state index is 0.547. The van der Waals surface area contributed by atoms with Gasteiger partial charge < -0.3 is 10.0 Å². The fourth-order valence-electron chi connectivity index (χ4n) is 2.87. The monoisotopic (exact) mass is 353 g/mol. The second-order valence-electron chi connectivity index (χ2n) is 6.02. The summed E-state index contributed by atoms with van der Waals surface area (Å²) in [6.45, 7) is 7.06. The van der Waals surface area contributed by atoms with Crippen molar-refractivity contribution in [3.8, 4) is 0 Å². The van der Waals surface area contributed by atoms with Crippen molar-refractivity contribution in [1.82, 2.24) is 9.88 Å². The summed E-state index contributed by atoms with van der Waals surface area (Å²) in [7, 11) is 0. The van der Waals surface area contributed by atoms with E-state index in [2.05, 4.69) is 30.6 Å². The van der Waals surface area contributed by atoms with Crippen molar-refractivity contribution < 1.29 is 5.11 Å². The fourth-order valence-corrected chi connectivity index (χ4v) is 4.06. The van der Waals surface area contributed by atoms with Gasteiger partial charge in [-0.25, -0.2) is 0 Å². The molecule has 1 N–H and O–H groups in total. The van der Waals surface area contributed by atoms with Gasteiger partial charge >= 0.3 is 0 Å². The summed E-state index contributed by atoms with van der Waals surface area (Å²) in [6, 6.07) is 12.1. The number of pyridine rings is 1. The van der Waals surface area contributed by atoms with Gasteiger partial charge in [-0.15, -0.1) is 6.58 Å². The molecule has 0 radical (unpaired) electrons. The molecule has 0 amide bonds. The first-order valence-electron chi connectivity index (χ1n) is 8.44. The molecule has 0 saturated carbocycles. The molecule has 0 aliphatic carbocycles. The maximum Gasteiger partial charge on any atom is 0.175 e. The minimum atomic E-state index is -1.06. The van der Waals surface area contributed by atoms with Crippen molar-refractivity contribution in [2.45, 2.75) is 25.6 Å². The van der Waals surface area contributed by atoms with Gasteiger partial charge in [-0.05, 0) is 23.6 Å². The third-order valence-electron chi connectivity index (χ3n) is 4.34. The molecule has 3 rings (SSSR count). The smallest absolute Gasteiger partial charge is 0.175 e. The Bertz CT molecular complexity index is 745. The molecule has 5 heteroatoms. The first-order valence-corrected chi connectivity index (χ1v) is 9.42. The molecule has 1 aromatic heterocycles. The minimum Gasteiger partial charge on any atom is -0.366 e. The second kappa shape index (κ2) is 7.85. The number of aliphatic hydroxyl groups is 1. The summed E-state index contributed by atoms with van der Waals surface area (Å²) in [5, 5.41) is 12.2. The number of hydrogen-bond donors (Lipinski definition) is 1. The predicted octanol–water partition coefficient (Wildman–Crippen LogP) is 3.58. The van der Waals surface area contributed by atoms with Crippen molar-refractivity contribution >= 4 is 16.9 Å². The number of hydrogen-bond acceptors (Lipinski definition) is 4. The largest absolute Gasteiger partial charge is 0.366 e. The zero-order valence-electron chi connectivity index (χ0n) is 14.4. The van der Waals surface area contributed by atoms with Gasteiger partial charge in [0.15, 0.2) is 10.9 Å². The number of aryl methyl sites for hydroxylation is 1. The van der Waals surface area contributed by atoms with E-state index in [-0.39, 0.29) is 0 Å². The molecule has 1 aliphatic rings. The number of aromatic nitrogens is 1. The molecule has 1 aliphatic heterocycles. The summed E-state index contributed by atoms with van der Waals surface area (Å²) in [4.78, 5) is 10.8. The van der Waals surface area contributed by atoms with E-state index >= 15 is 0 Å². The summed E-state index contributed by atoms with van der Waals surface area (Å²) < 4.78 is 0. The topological polar surface area (TPSA) is 48.7 Å². The number of rotatable bonds is 6. The van der Waals surface area contributed by atoms with Crippen molar-refractivity contribution in [2.24, 2.45) is 4.99 Å². The van der Waals surface area contributed by atoms with Crippen molar-refractivity contribution in [3.63, 3.8) is 0 Å². The van der Waals surface area contributed by atoms with Crippen molar-refractivity contribution in [1.29, 1.82) is 0 Å². The van der Waals surface area contributed by atoms with E-state index in [9.17, 15) is 5.11 Å². The highest BCUT2D eigenvalue weighted by Crippen LogP contribution is 2.39. The maximum absolute atomic E-state index is 11.3. The summed E-state index contributed by atoms with van der Waals surface area (Å²) >= 11 is 1.58. The Morgan fingerprint density at radius 1 is 1.32 bits per heavy atom. The van der Waals surface area contributed by atoms with Crippen LogP contribution in [0.1, 0.15) is 23.6 Å². The number of amidine groups is 1. The molecule has 1 unspecified atom stereocenters. The lowest BCUT2D eigenvalue weighted by Crippen LogP contribution is -2.45. The van der Waals surface area contributed by atoms with Crippen LogP contribution in [0.5, 0.6) is 0 Å². The molecular weight excluding hydrogens is 330 g/mol. The quantitative estimate of drug-likeness (QED) is 0.807. The molecule has 0 spiro atoms. The Morgan fingerprint density at radius 2 is 2.12 bits per heavy atom. The van der Waals surface area contributed by atoms with Gasteiger partial charge in [0.05, 0.1) is 12.3 Å². The molecule has 1 atom stereocenters. The van der Waals surface area contributed by atoms with Crippen LogP contribution in [0.4, 0.5) is 0 Å². The van der Waals surface area contributed by atoms with Crippen molar-refractivity contribution in [2.75, 3.05) is 12.3 Å². The molecule has 130 valence electrons. The predicted molar refractivity (Wildman–Crippen MR) is 104 cm³/mol. The SMILES string of the molecule is C=CCN1C(=NCc2cccnc2)SCC1(O)c1ccc(CC)cc1. The Kier molecular flexibility index (Phi) is 5.56. The first-order chi connectivity index (χ1) is 12.2. The maximum atomic E-state index is 11.3. The molecule has 1 aromatic carbocycles. The highest BCUT2D eigenvalue weighted by molar-refractivity contribution is 8.14. The number of aliphatic imine (C=N–C) groups is 1. The zero-order chi connectivity index (χ0) is 17.7. The zero-order valence-corrected chi connectivity index (χ0v) is 15.2. The molecule has 4 nitrogen and oxygen atoms in total. The average Bonchev–Trinajstić information content (AvgIpc) is 2.98. The van der Waals surface area contributed by atoms with E-state index in [0.717, 1.165) is 22.7 Å². The van der Waals surface area contributed by atoms with Gasteiger partial charge in [0.1, 0.15) is 0 Å². The van der Waals surface area contributed by atoms with E-state index in [0.29, 0.717) is 18.8 Å². The highest BCUT2D eigenvalue weighted by atomic mass is 32.2. The van der Waals surface area contributed by atoms with E-state index < -0.39 is 5.72 Å². The van der Waals surface area contributed by atoms with Crippen molar-refractivity contribution in [3.05, 3.63) is 78.1 Å². The Morgan fingerprint density at radius 3 is 2.76 bits per heavy atom. The van der Waals surface area contributed by atoms with Gasteiger partial charge in [0, 0.05) is 24.5 Å². The third kappa shape index (κ3) is 3.78. The van der Waals surface area contributed by atoms with Crippen LogP contribution in [-0.4, -0.2) is 32.5 Å². The van der Waals surface area contributed by atoms with Crippen LogP contribution in [0.2, 0.25) is 0 Å². The van der Waals surface area contributed by atoms with Crippen LogP contribution in [-0.2, 0) is 18.7 Å². The summed E-state index contributed by atoms with van der Waals surface area (Å²) in [5.41, 5.74) is 2.15. The number of benzene rings is 1. The third-order valence-corrected chi connectivity index (χ3v) is 5.49. The highest BCUT2D eigenvalue weighted by Gasteiger charge is 2.44. The van der Waals surface area contributed by atoms with Gasteiger partial charge in [0.25, 0.3) is 0 Å². The van der Waals surface area contributed by atoms with Gasteiger partial charge in [0.2, 0.25) is 0 Å². The Hall–Kier alpha value is -2.11. The molecule has 2 heterocycles. The van der Waals surface area contributed by atoms with Crippen LogP contribution in [0.15, 0.2) is 66.4 Å². The molecule has 2 aromatic rings. The van der Waals surface area contributed by atoms with Crippen LogP contribution < -0.4 is 0 Å². The number of thioether (sulfide) groups is 1. The lowest BCUT2D eigenvalue weighted by atomic mass is 10.0. The fraction of sp³-hybridized carbons (Fsp3) is 0.300. The molecule has 1 fully saturated rings. The van der Waals surface area contributed by atoms with Gasteiger partial charge in [-0.3, -0.25) is 9.98 Å².